The Balaban J connectivity index is 2.18. The third-order valence-corrected chi connectivity index (χ3v) is 3.17. The number of hydrogen-bond donors (Lipinski definition) is 1. The molecule has 1 aromatic heterocycles. The van der Waals surface area contributed by atoms with Crippen molar-refractivity contribution in [2.45, 2.75) is 31.8 Å². The van der Waals surface area contributed by atoms with Crippen molar-refractivity contribution >= 4 is 0 Å². The van der Waals surface area contributed by atoms with Crippen LogP contribution < -0.4 is 5.32 Å². The van der Waals surface area contributed by atoms with E-state index in [0.717, 1.165) is 25.4 Å². The molecular weight excluding hydrogens is 194 g/mol. The predicted octanol–water partition coefficient (Wildman–Crippen LogP) is 1.03. The van der Waals surface area contributed by atoms with Gasteiger partial charge in [-0.05, 0) is 13.3 Å². The highest BCUT2D eigenvalue weighted by molar-refractivity contribution is 5.05. The largest absolute Gasteiger partial charge is 0.370 e. The number of nitrogens with zero attached hydrogens (tertiary/aromatic N) is 2. The van der Waals surface area contributed by atoms with Crippen LogP contribution in [0, 0.1) is 0 Å². The molecule has 0 aliphatic carbocycles. The van der Waals surface area contributed by atoms with Crippen molar-refractivity contribution in [3.8, 4) is 0 Å². The van der Waals surface area contributed by atoms with Gasteiger partial charge in [-0.2, -0.15) is 4.98 Å². The summed E-state index contributed by atoms with van der Waals surface area (Å²) >= 11 is 0. The van der Waals surface area contributed by atoms with Gasteiger partial charge in [-0.3, -0.25) is 0 Å². The summed E-state index contributed by atoms with van der Waals surface area (Å²) < 4.78 is 10.7. The fourth-order valence-corrected chi connectivity index (χ4v) is 1.47. The lowest BCUT2D eigenvalue weighted by molar-refractivity contribution is -0.0106. The van der Waals surface area contributed by atoms with Gasteiger partial charge in [-0.1, -0.05) is 12.1 Å². The minimum atomic E-state index is -0.432. The molecule has 0 bridgehead atoms. The molecule has 0 saturated carbocycles. The summed E-state index contributed by atoms with van der Waals surface area (Å²) in [6.45, 7) is 5.88. The van der Waals surface area contributed by atoms with Crippen LogP contribution in [0.1, 0.15) is 37.9 Å². The first-order valence-electron chi connectivity index (χ1n) is 5.29. The van der Waals surface area contributed by atoms with Gasteiger partial charge in [0.2, 0.25) is 11.7 Å². The Labute approximate surface area is 89.2 Å². The van der Waals surface area contributed by atoms with Crippen LogP contribution in [-0.4, -0.2) is 30.3 Å². The molecule has 2 heterocycles. The monoisotopic (exact) mass is 211 g/mol. The molecule has 5 nitrogen and oxygen atoms in total. The fourth-order valence-electron chi connectivity index (χ4n) is 1.47. The SMILES string of the molecule is CCC(C)(OC)c1noc(C2CNC2)n1. The van der Waals surface area contributed by atoms with Crippen LogP contribution in [0.5, 0.6) is 0 Å². The standard InChI is InChI=1S/C10H17N3O2/c1-4-10(2,14-3)9-12-8(15-13-9)7-5-11-6-7/h7,11H,4-6H2,1-3H3. The molecule has 1 unspecified atom stereocenters. The Morgan fingerprint density at radius 1 is 1.60 bits per heavy atom. The van der Waals surface area contributed by atoms with Crippen molar-refractivity contribution < 1.29 is 9.26 Å². The van der Waals surface area contributed by atoms with E-state index in [1.165, 1.54) is 0 Å². The van der Waals surface area contributed by atoms with E-state index < -0.39 is 5.60 Å². The van der Waals surface area contributed by atoms with Crippen LogP contribution in [0.4, 0.5) is 0 Å². The van der Waals surface area contributed by atoms with Gasteiger partial charge in [0.25, 0.3) is 0 Å². The third-order valence-electron chi connectivity index (χ3n) is 3.17. The summed E-state index contributed by atoms with van der Waals surface area (Å²) in [6, 6.07) is 0. The second kappa shape index (κ2) is 3.90. The van der Waals surface area contributed by atoms with Gasteiger partial charge < -0.3 is 14.6 Å². The summed E-state index contributed by atoms with van der Waals surface area (Å²) in [5.74, 6) is 1.75. The zero-order valence-electron chi connectivity index (χ0n) is 9.41. The first-order chi connectivity index (χ1) is 7.19. The zero-order chi connectivity index (χ0) is 10.9. The molecule has 1 fully saturated rings. The van der Waals surface area contributed by atoms with E-state index in [2.05, 4.69) is 15.5 Å². The van der Waals surface area contributed by atoms with Crippen LogP contribution >= 0.6 is 0 Å². The average molecular weight is 211 g/mol. The highest BCUT2D eigenvalue weighted by Crippen LogP contribution is 2.27. The maximum Gasteiger partial charge on any atom is 0.232 e. The number of aromatic nitrogens is 2. The second-order valence-corrected chi connectivity index (χ2v) is 4.10. The maximum absolute atomic E-state index is 5.42. The molecule has 1 atom stereocenters. The molecule has 0 aromatic carbocycles. The topological polar surface area (TPSA) is 60.2 Å². The van der Waals surface area contributed by atoms with Gasteiger partial charge >= 0.3 is 0 Å². The van der Waals surface area contributed by atoms with E-state index in [1.807, 2.05) is 13.8 Å². The van der Waals surface area contributed by atoms with Crippen LogP contribution in [0.15, 0.2) is 4.52 Å². The molecule has 0 radical (unpaired) electrons. The van der Waals surface area contributed by atoms with Gasteiger partial charge in [0.05, 0.1) is 5.92 Å². The van der Waals surface area contributed by atoms with E-state index in [4.69, 9.17) is 9.26 Å². The van der Waals surface area contributed by atoms with E-state index >= 15 is 0 Å². The summed E-state index contributed by atoms with van der Waals surface area (Å²) in [4.78, 5) is 4.40. The Hall–Kier alpha value is -0.940. The van der Waals surface area contributed by atoms with E-state index in [1.54, 1.807) is 7.11 Å². The quantitative estimate of drug-likeness (QED) is 0.806. The Bertz CT molecular complexity index is 329. The normalized spacial score (nSPS) is 21.0. The summed E-state index contributed by atoms with van der Waals surface area (Å²) in [6.07, 6.45) is 0.825. The minimum absolute atomic E-state index is 0.379. The van der Waals surface area contributed by atoms with E-state index in [-0.39, 0.29) is 0 Å². The van der Waals surface area contributed by atoms with Crippen molar-refractivity contribution in [1.82, 2.24) is 15.5 Å². The van der Waals surface area contributed by atoms with Crippen LogP contribution in [0.25, 0.3) is 0 Å². The average Bonchev–Trinajstić information content (AvgIpc) is 2.63. The van der Waals surface area contributed by atoms with E-state index in [9.17, 15) is 0 Å². The van der Waals surface area contributed by atoms with Gasteiger partial charge in [0, 0.05) is 20.2 Å². The van der Waals surface area contributed by atoms with Crippen molar-refractivity contribution in [3.05, 3.63) is 11.7 Å². The van der Waals surface area contributed by atoms with Crippen molar-refractivity contribution in [2.75, 3.05) is 20.2 Å². The lowest BCUT2D eigenvalue weighted by atomic mass is 10.0. The number of rotatable bonds is 4. The molecule has 1 aromatic rings. The first-order valence-corrected chi connectivity index (χ1v) is 5.29. The smallest absolute Gasteiger partial charge is 0.232 e. The Morgan fingerprint density at radius 3 is 2.80 bits per heavy atom. The molecule has 1 aliphatic rings. The summed E-state index contributed by atoms with van der Waals surface area (Å²) in [7, 11) is 1.67. The molecule has 1 N–H and O–H groups in total. The number of methoxy groups -OCH3 is 1. The third kappa shape index (κ3) is 1.77. The maximum atomic E-state index is 5.42. The first kappa shape index (κ1) is 10.6. The molecule has 0 amide bonds. The van der Waals surface area contributed by atoms with Crippen molar-refractivity contribution in [2.24, 2.45) is 0 Å². The zero-order valence-corrected chi connectivity index (χ0v) is 9.41. The Morgan fingerprint density at radius 2 is 2.33 bits per heavy atom. The minimum Gasteiger partial charge on any atom is -0.370 e. The summed E-state index contributed by atoms with van der Waals surface area (Å²) in [5, 5.41) is 7.17. The summed E-state index contributed by atoms with van der Waals surface area (Å²) in [5.41, 5.74) is -0.432. The second-order valence-electron chi connectivity index (χ2n) is 4.10. The highest BCUT2D eigenvalue weighted by Gasteiger charge is 2.32. The highest BCUT2D eigenvalue weighted by atomic mass is 16.5. The van der Waals surface area contributed by atoms with Crippen LogP contribution in [0.2, 0.25) is 0 Å². The molecule has 5 heteroatoms. The van der Waals surface area contributed by atoms with E-state index in [0.29, 0.717) is 11.7 Å². The number of hydrogen-bond acceptors (Lipinski definition) is 5. The van der Waals surface area contributed by atoms with Crippen molar-refractivity contribution in [1.29, 1.82) is 0 Å². The lowest BCUT2D eigenvalue weighted by Gasteiger charge is -2.23. The fraction of sp³-hybridized carbons (Fsp3) is 0.800. The molecule has 2 rings (SSSR count). The Kier molecular flexibility index (Phi) is 2.75. The van der Waals surface area contributed by atoms with Gasteiger partial charge in [-0.15, -0.1) is 0 Å². The molecule has 1 saturated heterocycles. The predicted molar refractivity (Wildman–Crippen MR) is 54.6 cm³/mol. The molecule has 84 valence electrons. The van der Waals surface area contributed by atoms with Gasteiger partial charge in [0.15, 0.2) is 0 Å². The molecule has 0 spiro atoms. The molecule has 15 heavy (non-hydrogen) atoms. The number of nitrogens with one attached hydrogen (secondary N) is 1. The molecule has 1 aliphatic heterocycles. The molecular formula is C10H17N3O2. The van der Waals surface area contributed by atoms with Crippen LogP contribution in [-0.2, 0) is 10.3 Å². The van der Waals surface area contributed by atoms with Gasteiger partial charge in [-0.25, -0.2) is 0 Å². The van der Waals surface area contributed by atoms with Crippen LogP contribution in [0.3, 0.4) is 0 Å². The van der Waals surface area contributed by atoms with Crippen molar-refractivity contribution in [3.63, 3.8) is 0 Å². The number of ether oxygens (including phenoxy) is 1. The lowest BCUT2D eigenvalue weighted by Crippen LogP contribution is -2.40. The van der Waals surface area contributed by atoms with Gasteiger partial charge in [0.1, 0.15) is 5.60 Å².